The molecule has 0 bridgehead atoms. The smallest absolute Gasteiger partial charge is 0.256 e. The number of pyridine rings is 1. The zero-order valence-electron chi connectivity index (χ0n) is 18.2. The average Bonchev–Trinajstić information content (AvgIpc) is 3.47. The van der Waals surface area contributed by atoms with Gasteiger partial charge in [0.1, 0.15) is 5.82 Å². The van der Waals surface area contributed by atoms with E-state index in [2.05, 4.69) is 20.3 Å². The second-order valence-electron chi connectivity index (χ2n) is 7.61. The number of carbonyl (C=O) groups is 1. The molecule has 0 aliphatic carbocycles. The Kier molecular flexibility index (Phi) is 6.07. The minimum absolute atomic E-state index is 0.0785. The molecule has 4 rings (SSSR count). The number of carbonyl (C=O) groups excluding carboxylic acids is 1. The van der Waals surface area contributed by atoms with Gasteiger partial charge in [-0.1, -0.05) is 11.6 Å². The van der Waals surface area contributed by atoms with Crippen LogP contribution in [0.5, 0.6) is 0 Å². The summed E-state index contributed by atoms with van der Waals surface area (Å²) >= 11 is 0. The van der Waals surface area contributed by atoms with Gasteiger partial charge in [-0.25, -0.2) is 14.1 Å². The zero-order chi connectivity index (χ0) is 22.7. The Bertz CT molecular complexity index is 1200. The summed E-state index contributed by atoms with van der Waals surface area (Å²) in [6.07, 6.45) is 8.53. The lowest BCUT2D eigenvalue weighted by Crippen LogP contribution is -2.40. The molecule has 0 saturated heterocycles. The number of aryl methyl sites for hydroxylation is 1. The van der Waals surface area contributed by atoms with Gasteiger partial charge in [-0.15, -0.1) is 0 Å². The number of likely N-dealkylation sites (N-methyl/N-ethyl adjacent to an activating group) is 1. The Morgan fingerprint density at radius 1 is 1.12 bits per heavy atom. The van der Waals surface area contributed by atoms with Gasteiger partial charge >= 0.3 is 0 Å². The fraction of sp³-hybridized carbons (Fsp3) is 0.261. The first-order valence-corrected chi connectivity index (χ1v) is 10.4. The molecule has 0 aliphatic rings. The predicted molar refractivity (Wildman–Crippen MR) is 117 cm³/mol. The van der Waals surface area contributed by atoms with E-state index in [1.165, 1.54) is 10.9 Å². The van der Waals surface area contributed by atoms with Crippen LogP contribution in [-0.2, 0) is 6.42 Å². The van der Waals surface area contributed by atoms with Crippen LogP contribution in [0.25, 0.3) is 11.5 Å². The summed E-state index contributed by atoms with van der Waals surface area (Å²) in [5, 5.41) is 12.7. The first-order valence-electron chi connectivity index (χ1n) is 10.4. The van der Waals surface area contributed by atoms with Gasteiger partial charge in [0, 0.05) is 18.8 Å². The Labute approximate surface area is 185 Å². The summed E-state index contributed by atoms with van der Waals surface area (Å²) in [7, 11) is 0. The van der Waals surface area contributed by atoms with E-state index in [9.17, 15) is 9.18 Å². The number of hydrogen-bond acceptors (Lipinski definition) is 5. The maximum absolute atomic E-state index is 13.5. The van der Waals surface area contributed by atoms with E-state index in [-0.39, 0.29) is 11.9 Å². The van der Waals surface area contributed by atoms with Crippen molar-refractivity contribution in [2.75, 3.05) is 6.54 Å². The molecular formula is C23H24FN7O. The molecule has 1 unspecified atom stereocenters. The molecule has 0 saturated carbocycles. The molecule has 0 radical (unpaired) electrons. The maximum atomic E-state index is 13.5. The van der Waals surface area contributed by atoms with Gasteiger partial charge in [-0.2, -0.15) is 20.1 Å². The normalized spacial score (nSPS) is 12.0. The number of hydrogen-bond donors (Lipinski definition) is 0. The fourth-order valence-corrected chi connectivity index (χ4v) is 3.69. The monoisotopic (exact) mass is 433 g/mol. The lowest BCUT2D eigenvalue weighted by Gasteiger charge is -2.28. The topological polar surface area (TPSA) is 81.7 Å². The quantitative estimate of drug-likeness (QED) is 0.446. The molecule has 3 heterocycles. The molecular weight excluding hydrogens is 409 g/mol. The lowest BCUT2D eigenvalue weighted by molar-refractivity contribution is 0.0703. The first-order chi connectivity index (χ1) is 15.5. The van der Waals surface area contributed by atoms with Crippen LogP contribution in [0.15, 0.2) is 61.3 Å². The number of amides is 1. The Hall–Kier alpha value is -3.88. The number of aromatic nitrogens is 6. The van der Waals surface area contributed by atoms with Crippen LogP contribution in [0.2, 0.25) is 0 Å². The summed E-state index contributed by atoms with van der Waals surface area (Å²) in [5.41, 5.74) is 3.14. The fourth-order valence-electron chi connectivity index (χ4n) is 3.69. The van der Waals surface area contributed by atoms with Gasteiger partial charge in [-0.05, 0) is 57.0 Å². The SMILES string of the molecule is CCN(C(=O)c1cc(C)ccc1-n1nccn1)C(C)Cc1cnn(-c2ccc(F)cn2)c1. The maximum Gasteiger partial charge on any atom is 0.256 e. The molecule has 0 aliphatic heterocycles. The van der Waals surface area contributed by atoms with Gasteiger partial charge in [0.2, 0.25) is 0 Å². The molecule has 0 spiro atoms. The van der Waals surface area contributed by atoms with Gasteiger partial charge in [0.25, 0.3) is 5.91 Å². The molecule has 164 valence electrons. The Morgan fingerprint density at radius 3 is 2.59 bits per heavy atom. The molecule has 9 heteroatoms. The number of benzene rings is 1. The Balaban J connectivity index is 1.55. The minimum atomic E-state index is -0.396. The summed E-state index contributed by atoms with van der Waals surface area (Å²) in [6, 6.07) is 8.51. The van der Waals surface area contributed by atoms with Crippen molar-refractivity contribution in [3.05, 3.63) is 83.8 Å². The molecule has 3 aromatic heterocycles. The highest BCUT2D eigenvalue weighted by molar-refractivity contribution is 5.98. The van der Waals surface area contributed by atoms with Crippen molar-refractivity contribution < 1.29 is 9.18 Å². The van der Waals surface area contributed by atoms with E-state index in [1.54, 1.807) is 29.3 Å². The summed E-state index contributed by atoms with van der Waals surface area (Å²) in [4.78, 5) is 20.9. The largest absolute Gasteiger partial charge is 0.336 e. The van der Waals surface area contributed by atoms with Crippen LogP contribution >= 0.6 is 0 Å². The van der Waals surface area contributed by atoms with E-state index in [0.29, 0.717) is 30.0 Å². The average molecular weight is 433 g/mol. The molecule has 8 nitrogen and oxygen atoms in total. The molecule has 4 aromatic rings. The highest BCUT2D eigenvalue weighted by Gasteiger charge is 2.24. The van der Waals surface area contributed by atoms with E-state index in [4.69, 9.17) is 0 Å². The second kappa shape index (κ2) is 9.09. The van der Waals surface area contributed by atoms with Crippen molar-refractivity contribution >= 4 is 5.91 Å². The second-order valence-corrected chi connectivity index (χ2v) is 7.61. The van der Waals surface area contributed by atoms with Crippen molar-refractivity contribution in [1.82, 2.24) is 34.7 Å². The van der Waals surface area contributed by atoms with Crippen molar-refractivity contribution in [1.29, 1.82) is 0 Å². The number of nitrogens with zero attached hydrogens (tertiary/aromatic N) is 7. The number of halogens is 1. The van der Waals surface area contributed by atoms with Crippen molar-refractivity contribution in [3.8, 4) is 11.5 Å². The van der Waals surface area contributed by atoms with E-state index in [0.717, 1.165) is 17.3 Å². The summed E-state index contributed by atoms with van der Waals surface area (Å²) < 4.78 is 14.7. The summed E-state index contributed by atoms with van der Waals surface area (Å²) in [5.74, 6) is 0.0566. The van der Waals surface area contributed by atoms with Gasteiger partial charge in [-0.3, -0.25) is 4.79 Å². The number of rotatable bonds is 7. The predicted octanol–water partition coefficient (Wildman–Crippen LogP) is 3.39. The third-order valence-electron chi connectivity index (χ3n) is 5.26. The zero-order valence-corrected chi connectivity index (χ0v) is 18.2. The molecule has 0 N–H and O–H groups in total. The highest BCUT2D eigenvalue weighted by Crippen LogP contribution is 2.20. The van der Waals surface area contributed by atoms with Crippen LogP contribution in [0.1, 0.15) is 35.3 Å². The standard InChI is InChI=1S/C23H24FN7O/c1-4-29(23(32)20-11-16(2)5-7-21(20)31-26-9-10-27-31)17(3)12-18-13-28-30(15-18)22-8-6-19(24)14-25-22/h5-11,13-15,17H,4,12H2,1-3H3. The minimum Gasteiger partial charge on any atom is -0.336 e. The Morgan fingerprint density at radius 2 is 1.91 bits per heavy atom. The van der Waals surface area contributed by atoms with Crippen LogP contribution in [0, 0.1) is 12.7 Å². The van der Waals surface area contributed by atoms with E-state index < -0.39 is 5.82 Å². The molecule has 0 fully saturated rings. The van der Waals surface area contributed by atoms with E-state index >= 15 is 0 Å². The third-order valence-corrected chi connectivity index (χ3v) is 5.26. The summed E-state index contributed by atoms with van der Waals surface area (Å²) in [6.45, 7) is 6.47. The van der Waals surface area contributed by atoms with Crippen LogP contribution in [0.3, 0.4) is 0 Å². The molecule has 1 aromatic carbocycles. The molecule has 32 heavy (non-hydrogen) atoms. The highest BCUT2D eigenvalue weighted by atomic mass is 19.1. The van der Waals surface area contributed by atoms with Crippen LogP contribution < -0.4 is 0 Å². The van der Waals surface area contributed by atoms with Crippen LogP contribution in [-0.4, -0.2) is 53.2 Å². The lowest BCUT2D eigenvalue weighted by atomic mass is 10.0. The first kappa shape index (κ1) is 21.4. The van der Waals surface area contributed by atoms with Crippen LogP contribution in [0.4, 0.5) is 4.39 Å². The molecule has 1 atom stereocenters. The van der Waals surface area contributed by atoms with Gasteiger partial charge in [0.15, 0.2) is 5.82 Å². The third kappa shape index (κ3) is 4.41. The van der Waals surface area contributed by atoms with E-state index in [1.807, 2.05) is 50.1 Å². The van der Waals surface area contributed by atoms with Gasteiger partial charge in [0.05, 0.1) is 36.0 Å². The van der Waals surface area contributed by atoms with Crippen molar-refractivity contribution in [2.45, 2.75) is 33.2 Å². The van der Waals surface area contributed by atoms with Crippen molar-refractivity contribution in [3.63, 3.8) is 0 Å². The molecule has 1 amide bonds. The van der Waals surface area contributed by atoms with Crippen molar-refractivity contribution in [2.24, 2.45) is 0 Å². The van der Waals surface area contributed by atoms with Gasteiger partial charge < -0.3 is 4.90 Å².